The molecule has 1 heterocycles. The van der Waals surface area contributed by atoms with Gasteiger partial charge in [0.05, 0.1) is 29.1 Å². The molecule has 0 saturated carbocycles. The van der Waals surface area contributed by atoms with E-state index in [4.69, 9.17) is 10.5 Å². The summed E-state index contributed by atoms with van der Waals surface area (Å²) in [5.74, 6) is -0.260. The molecule has 37 heavy (non-hydrogen) atoms. The van der Waals surface area contributed by atoms with E-state index < -0.39 is 24.6 Å². The average Bonchev–Trinajstić information content (AvgIpc) is 3.41. The van der Waals surface area contributed by atoms with Gasteiger partial charge in [-0.25, -0.2) is 0 Å². The lowest BCUT2D eigenvalue weighted by atomic mass is 9.93. The molecule has 0 aliphatic rings. The standard InChI is InChI=1S/C28H38N4O4S/c1-19(2)26(29)27(34)31-22(13-20-9-5-3-6-10-20)15-25(33)24(14-21-11-7-4-8-12-21)32-28(35)36-17-23-16-30-18-37-23/h3-12,16,18-19,22,24-26,28,32-33,35H,13-15,17,29H2,1-2H3,(H,31,34)/t22-,24-,25-,26-,28?/m0/s1. The number of hydrogen-bond acceptors (Lipinski definition) is 8. The smallest absolute Gasteiger partial charge is 0.237 e. The van der Waals surface area contributed by atoms with Crippen molar-refractivity contribution in [3.8, 4) is 0 Å². The number of hydrogen-bond donors (Lipinski definition) is 5. The van der Waals surface area contributed by atoms with Gasteiger partial charge in [-0.1, -0.05) is 74.5 Å². The van der Waals surface area contributed by atoms with Crippen molar-refractivity contribution < 1.29 is 19.7 Å². The van der Waals surface area contributed by atoms with Gasteiger partial charge in [0, 0.05) is 18.3 Å². The molecule has 2 aromatic carbocycles. The minimum Gasteiger partial charge on any atom is -0.391 e. The molecule has 3 rings (SSSR count). The first-order chi connectivity index (χ1) is 17.8. The predicted octanol–water partition coefficient (Wildman–Crippen LogP) is 2.60. The fraction of sp³-hybridized carbons (Fsp3) is 0.429. The molecule has 3 aromatic rings. The summed E-state index contributed by atoms with van der Waals surface area (Å²) in [5, 5.41) is 28.0. The zero-order chi connectivity index (χ0) is 26.6. The molecule has 0 aliphatic carbocycles. The van der Waals surface area contributed by atoms with E-state index in [9.17, 15) is 15.0 Å². The molecule has 1 amide bonds. The number of nitrogens with zero attached hydrogens (tertiary/aromatic N) is 1. The van der Waals surface area contributed by atoms with Crippen molar-refractivity contribution >= 4 is 17.2 Å². The minimum absolute atomic E-state index is 0.0133. The van der Waals surface area contributed by atoms with Crippen molar-refractivity contribution in [2.24, 2.45) is 11.7 Å². The first-order valence-corrected chi connectivity index (χ1v) is 13.4. The number of nitrogens with two attached hydrogens (primary N) is 1. The molecule has 5 atom stereocenters. The number of carbonyl (C=O) groups excluding carboxylic acids is 1. The Morgan fingerprint density at radius 1 is 1.03 bits per heavy atom. The SMILES string of the molecule is CC(C)[C@H](N)C(=O)N[C@@H](Cc1ccccc1)C[C@H](O)[C@H](Cc1ccccc1)NC(O)OCc1cncs1. The Hall–Kier alpha value is -2.66. The Labute approximate surface area is 222 Å². The fourth-order valence-corrected chi connectivity index (χ4v) is 4.54. The number of aliphatic hydroxyl groups excluding tert-OH is 2. The molecular formula is C28H38N4O4S. The van der Waals surface area contributed by atoms with E-state index in [0.29, 0.717) is 12.8 Å². The van der Waals surface area contributed by atoms with Crippen molar-refractivity contribution in [3.63, 3.8) is 0 Å². The van der Waals surface area contributed by atoms with Gasteiger partial charge in [-0.15, -0.1) is 11.3 Å². The number of ether oxygens (including phenoxy) is 1. The molecule has 1 unspecified atom stereocenters. The second-order valence-corrected chi connectivity index (χ2v) is 10.5. The molecule has 0 aliphatic heterocycles. The Balaban J connectivity index is 1.72. The second-order valence-electron chi connectivity index (χ2n) is 9.56. The van der Waals surface area contributed by atoms with Crippen LogP contribution >= 0.6 is 11.3 Å². The normalized spacial score (nSPS) is 15.6. The van der Waals surface area contributed by atoms with E-state index in [1.54, 1.807) is 11.7 Å². The quantitative estimate of drug-likeness (QED) is 0.193. The van der Waals surface area contributed by atoms with Crippen LogP contribution in [0.4, 0.5) is 0 Å². The zero-order valence-electron chi connectivity index (χ0n) is 21.4. The summed E-state index contributed by atoms with van der Waals surface area (Å²) in [6.45, 7) is 4.00. The highest BCUT2D eigenvalue weighted by molar-refractivity contribution is 7.09. The van der Waals surface area contributed by atoms with E-state index in [2.05, 4.69) is 15.6 Å². The van der Waals surface area contributed by atoms with Crippen LogP contribution < -0.4 is 16.4 Å². The lowest BCUT2D eigenvalue weighted by Gasteiger charge is -2.30. The molecule has 0 bridgehead atoms. The number of amides is 1. The molecule has 6 N–H and O–H groups in total. The third-order valence-corrected chi connectivity index (χ3v) is 6.96. The van der Waals surface area contributed by atoms with Crippen LogP contribution in [0.3, 0.4) is 0 Å². The minimum atomic E-state index is -1.29. The van der Waals surface area contributed by atoms with E-state index >= 15 is 0 Å². The van der Waals surface area contributed by atoms with Crippen molar-refractivity contribution in [1.29, 1.82) is 0 Å². The first-order valence-electron chi connectivity index (χ1n) is 12.6. The van der Waals surface area contributed by atoms with Gasteiger partial charge >= 0.3 is 0 Å². The molecule has 9 heteroatoms. The molecule has 200 valence electrons. The number of rotatable bonds is 15. The summed E-state index contributed by atoms with van der Waals surface area (Å²) in [5.41, 5.74) is 9.83. The van der Waals surface area contributed by atoms with Gasteiger partial charge in [-0.3, -0.25) is 15.1 Å². The molecule has 0 fully saturated rings. The number of nitrogens with one attached hydrogen (secondary N) is 2. The Kier molecular flexibility index (Phi) is 11.7. The maximum absolute atomic E-state index is 12.8. The summed E-state index contributed by atoms with van der Waals surface area (Å²) in [4.78, 5) is 17.7. The van der Waals surface area contributed by atoms with E-state index in [1.165, 1.54) is 11.3 Å². The largest absolute Gasteiger partial charge is 0.391 e. The number of carbonyl (C=O) groups is 1. The van der Waals surface area contributed by atoms with Crippen LogP contribution in [0.15, 0.2) is 72.4 Å². The molecule has 0 radical (unpaired) electrons. The summed E-state index contributed by atoms with van der Waals surface area (Å²) >= 11 is 1.44. The van der Waals surface area contributed by atoms with Gasteiger partial charge in [0.25, 0.3) is 0 Å². The second kappa shape index (κ2) is 14.9. The number of aliphatic hydroxyl groups is 2. The highest BCUT2D eigenvalue weighted by atomic mass is 32.1. The summed E-state index contributed by atoms with van der Waals surface area (Å²) < 4.78 is 5.55. The molecule has 0 saturated heterocycles. The number of aromatic nitrogens is 1. The van der Waals surface area contributed by atoms with Gasteiger partial charge in [0.1, 0.15) is 0 Å². The van der Waals surface area contributed by atoms with Gasteiger partial charge in [-0.2, -0.15) is 0 Å². The van der Waals surface area contributed by atoms with Gasteiger partial charge in [0.2, 0.25) is 12.3 Å². The lowest BCUT2D eigenvalue weighted by molar-refractivity contribution is -0.140. The maximum atomic E-state index is 12.8. The summed E-state index contributed by atoms with van der Waals surface area (Å²) in [6, 6.07) is 18.0. The molecule has 0 spiro atoms. The van der Waals surface area contributed by atoms with Crippen LogP contribution in [-0.4, -0.2) is 51.7 Å². The summed E-state index contributed by atoms with van der Waals surface area (Å²) in [7, 11) is 0. The Bertz CT molecular complexity index is 1040. The van der Waals surface area contributed by atoms with Crippen molar-refractivity contribution in [2.75, 3.05) is 0 Å². The van der Waals surface area contributed by atoms with Crippen LogP contribution in [0, 0.1) is 5.92 Å². The topological polar surface area (TPSA) is 130 Å². The van der Waals surface area contributed by atoms with Crippen LogP contribution in [0.25, 0.3) is 0 Å². The third kappa shape index (κ3) is 9.96. The highest BCUT2D eigenvalue weighted by Crippen LogP contribution is 2.16. The summed E-state index contributed by atoms with van der Waals surface area (Å²) in [6.07, 6.45) is 0.759. The lowest BCUT2D eigenvalue weighted by Crippen LogP contribution is -2.52. The average molecular weight is 527 g/mol. The monoisotopic (exact) mass is 526 g/mol. The van der Waals surface area contributed by atoms with Gasteiger partial charge < -0.3 is 26.0 Å². The van der Waals surface area contributed by atoms with Crippen LogP contribution in [0.5, 0.6) is 0 Å². The first kappa shape index (κ1) is 28.9. The number of benzene rings is 2. The fourth-order valence-electron chi connectivity index (χ4n) is 4.03. The van der Waals surface area contributed by atoms with Crippen molar-refractivity contribution in [1.82, 2.24) is 15.6 Å². The predicted molar refractivity (Wildman–Crippen MR) is 145 cm³/mol. The maximum Gasteiger partial charge on any atom is 0.237 e. The van der Waals surface area contributed by atoms with E-state index in [-0.39, 0.29) is 30.9 Å². The molecule has 8 nitrogen and oxygen atoms in total. The van der Waals surface area contributed by atoms with Crippen molar-refractivity contribution in [2.45, 2.75) is 70.4 Å². The molecular weight excluding hydrogens is 488 g/mol. The Morgan fingerprint density at radius 2 is 1.65 bits per heavy atom. The van der Waals surface area contributed by atoms with Crippen LogP contribution in [0.1, 0.15) is 36.3 Å². The third-order valence-electron chi connectivity index (χ3n) is 6.20. The van der Waals surface area contributed by atoms with E-state index in [1.807, 2.05) is 74.5 Å². The molecule has 1 aromatic heterocycles. The van der Waals surface area contributed by atoms with Gasteiger partial charge in [-0.05, 0) is 36.3 Å². The Morgan fingerprint density at radius 3 is 2.22 bits per heavy atom. The van der Waals surface area contributed by atoms with Crippen LogP contribution in [0.2, 0.25) is 0 Å². The highest BCUT2D eigenvalue weighted by Gasteiger charge is 2.28. The number of thiazole rings is 1. The zero-order valence-corrected chi connectivity index (χ0v) is 22.2. The van der Waals surface area contributed by atoms with E-state index in [0.717, 1.165) is 16.0 Å². The van der Waals surface area contributed by atoms with Crippen LogP contribution in [-0.2, 0) is 29.0 Å². The van der Waals surface area contributed by atoms with Gasteiger partial charge in [0.15, 0.2) is 0 Å². The van der Waals surface area contributed by atoms with Crippen molar-refractivity contribution in [3.05, 3.63) is 88.4 Å².